The Morgan fingerprint density at radius 1 is 1.53 bits per heavy atom. The number of hydrogen-bond donors (Lipinski definition) is 0. The summed E-state index contributed by atoms with van der Waals surface area (Å²) in [5.74, 6) is -0.708. The molecule has 0 saturated heterocycles. The first-order valence-electron chi connectivity index (χ1n) is 4.72. The summed E-state index contributed by atoms with van der Waals surface area (Å²) >= 11 is 3.31. The van der Waals surface area contributed by atoms with Crippen molar-refractivity contribution < 1.29 is 9.18 Å². The number of thiazole rings is 1. The Balaban J connectivity index is 2.43. The van der Waals surface area contributed by atoms with Gasteiger partial charge in [0, 0.05) is 22.2 Å². The quantitative estimate of drug-likeness (QED) is 0.718. The van der Waals surface area contributed by atoms with Gasteiger partial charge in [-0.05, 0) is 40.8 Å². The Morgan fingerprint density at radius 2 is 2.29 bits per heavy atom. The van der Waals surface area contributed by atoms with Crippen LogP contribution in [0.4, 0.5) is 4.39 Å². The normalized spacial score (nSPS) is 11.8. The first-order chi connectivity index (χ1) is 8.08. The predicted molar refractivity (Wildman–Crippen MR) is 72.3 cm³/mol. The van der Waals surface area contributed by atoms with Gasteiger partial charge >= 0.3 is 0 Å². The summed E-state index contributed by atoms with van der Waals surface area (Å²) in [7, 11) is 1.82. The molecule has 0 atom stereocenters. The maximum atomic E-state index is 12.9. The molecule has 0 aliphatic rings. The number of carbonyl (C=O) groups excluding carboxylic acids is 1. The molecule has 1 aromatic carbocycles. The minimum atomic E-state index is -0.354. The summed E-state index contributed by atoms with van der Waals surface area (Å²) in [6.45, 7) is 0. The van der Waals surface area contributed by atoms with E-state index < -0.39 is 0 Å². The minimum absolute atomic E-state index is 0.354. The van der Waals surface area contributed by atoms with Crippen molar-refractivity contribution in [2.45, 2.75) is 0 Å². The lowest BCUT2D eigenvalue weighted by Gasteiger charge is -1.99. The predicted octanol–water partition coefficient (Wildman–Crippen LogP) is 2.57. The van der Waals surface area contributed by atoms with E-state index in [4.69, 9.17) is 0 Å². The molecule has 88 valence electrons. The summed E-state index contributed by atoms with van der Waals surface area (Å²) in [5.41, 5.74) is 0.417. The third kappa shape index (κ3) is 2.81. The maximum Gasteiger partial charge on any atom is 0.280 e. The average molecular weight is 362 g/mol. The molecule has 0 bridgehead atoms. The van der Waals surface area contributed by atoms with Crippen molar-refractivity contribution in [1.29, 1.82) is 0 Å². The van der Waals surface area contributed by atoms with Crippen LogP contribution in [0.2, 0.25) is 0 Å². The topological polar surface area (TPSA) is 34.4 Å². The number of aromatic nitrogens is 1. The van der Waals surface area contributed by atoms with E-state index in [0.717, 1.165) is 0 Å². The maximum absolute atomic E-state index is 12.9. The number of benzene rings is 1. The van der Waals surface area contributed by atoms with Crippen molar-refractivity contribution in [2.75, 3.05) is 0 Å². The molecule has 3 nitrogen and oxygen atoms in total. The molecule has 2 aromatic rings. The van der Waals surface area contributed by atoms with Gasteiger partial charge in [-0.2, -0.15) is 4.99 Å². The van der Waals surface area contributed by atoms with E-state index in [2.05, 4.69) is 4.99 Å². The van der Waals surface area contributed by atoms with E-state index in [1.807, 2.05) is 41.2 Å². The average Bonchev–Trinajstić information content (AvgIpc) is 2.64. The van der Waals surface area contributed by atoms with Crippen LogP contribution in [0.5, 0.6) is 0 Å². The van der Waals surface area contributed by atoms with Gasteiger partial charge in [0.05, 0.1) is 5.56 Å². The Labute approximate surface area is 115 Å². The number of amides is 1. The van der Waals surface area contributed by atoms with Crippen molar-refractivity contribution >= 4 is 39.8 Å². The van der Waals surface area contributed by atoms with Gasteiger partial charge in [-0.3, -0.25) is 4.79 Å². The van der Waals surface area contributed by atoms with E-state index in [1.165, 1.54) is 29.5 Å². The van der Waals surface area contributed by atoms with Crippen molar-refractivity contribution in [3.8, 4) is 0 Å². The zero-order valence-electron chi connectivity index (χ0n) is 8.85. The van der Waals surface area contributed by atoms with Crippen molar-refractivity contribution in [3.63, 3.8) is 0 Å². The molecule has 0 spiro atoms. The fraction of sp³-hybridized carbons (Fsp3) is 0.0909. The zero-order chi connectivity index (χ0) is 12.4. The van der Waals surface area contributed by atoms with Crippen LogP contribution < -0.4 is 4.80 Å². The first-order valence-corrected chi connectivity index (χ1v) is 6.68. The molecule has 0 radical (unpaired) electrons. The third-order valence-corrected chi connectivity index (χ3v) is 3.86. The Bertz CT molecular complexity index is 632. The smallest absolute Gasteiger partial charge is 0.280 e. The molecular weight excluding hydrogens is 354 g/mol. The summed E-state index contributed by atoms with van der Waals surface area (Å²) in [4.78, 5) is 16.5. The van der Waals surface area contributed by atoms with Gasteiger partial charge in [-0.1, -0.05) is 0 Å². The molecule has 0 fully saturated rings. The van der Waals surface area contributed by atoms with Crippen molar-refractivity contribution in [3.05, 3.63) is 49.5 Å². The molecule has 17 heavy (non-hydrogen) atoms. The van der Waals surface area contributed by atoms with Crippen LogP contribution in [0.15, 0.2) is 34.8 Å². The van der Waals surface area contributed by atoms with E-state index in [1.54, 1.807) is 4.57 Å². The van der Waals surface area contributed by atoms with E-state index in [-0.39, 0.29) is 11.7 Å². The van der Waals surface area contributed by atoms with E-state index >= 15 is 0 Å². The van der Waals surface area contributed by atoms with Crippen LogP contribution >= 0.6 is 33.9 Å². The Morgan fingerprint density at radius 3 is 2.88 bits per heavy atom. The van der Waals surface area contributed by atoms with Gasteiger partial charge in [0.1, 0.15) is 5.82 Å². The molecule has 0 saturated carbocycles. The highest BCUT2D eigenvalue weighted by molar-refractivity contribution is 14.1. The van der Waals surface area contributed by atoms with Crippen molar-refractivity contribution in [1.82, 2.24) is 4.57 Å². The molecule has 0 aliphatic carbocycles. The summed E-state index contributed by atoms with van der Waals surface area (Å²) in [5, 5.41) is 1.85. The first kappa shape index (κ1) is 12.4. The van der Waals surface area contributed by atoms with Gasteiger partial charge in [0.25, 0.3) is 5.91 Å². The highest BCUT2D eigenvalue weighted by atomic mass is 127. The lowest BCUT2D eigenvalue weighted by Crippen LogP contribution is -2.13. The standard InChI is InChI=1S/C11H8FIN2OS/c1-15-4-5-17-11(15)14-10(16)8-3-2-7(12)6-9(8)13/h2-6H,1H3. The molecule has 1 aromatic heterocycles. The van der Waals surface area contributed by atoms with Gasteiger partial charge < -0.3 is 4.57 Å². The molecule has 0 unspecified atom stereocenters. The van der Waals surface area contributed by atoms with Crippen LogP contribution in [0.25, 0.3) is 0 Å². The molecule has 2 rings (SSSR count). The lowest BCUT2D eigenvalue weighted by molar-refractivity contribution is 0.0997. The number of aryl methyl sites for hydroxylation is 1. The zero-order valence-corrected chi connectivity index (χ0v) is 11.8. The van der Waals surface area contributed by atoms with Crippen LogP contribution in [0.1, 0.15) is 10.4 Å². The number of hydrogen-bond acceptors (Lipinski definition) is 2. The minimum Gasteiger partial charge on any atom is -0.327 e. The molecule has 0 aliphatic heterocycles. The number of carbonyl (C=O) groups is 1. The van der Waals surface area contributed by atoms with Crippen LogP contribution in [-0.4, -0.2) is 10.5 Å². The number of halogens is 2. The summed E-state index contributed by atoms with van der Waals surface area (Å²) in [6, 6.07) is 4.04. The molecule has 1 amide bonds. The summed E-state index contributed by atoms with van der Waals surface area (Å²) < 4.78 is 15.2. The third-order valence-electron chi connectivity index (χ3n) is 2.12. The molecule has 6 heteroatoms. The lowest BCUT2D eigenvalue weighted by atomic mass is 10.2. The molecular formula is C11H8FIN2OS. The van der Waals surface area contributed by atoms with Gasteiger partial charge in [0.2, 0.25) is 0 Å². The van der Waals surface area contributed by atoms with Crippen molar-refractivity contribution in [2.24, 2.45) is 12.0 Å². The van der Waals surface area contributed by atoms with E-state index in [0.29, 0.717) is 13.9 Å². The van der Waals surface area contributed by atoms with E-state index in [9.17, 15) is 9.18 Å². The highest BCUT2D eigenvalue weighted by Crippen LogP contribution is 2.14. The number of nitrogens with zero attached hydrogens (tertiary/aromatic N) is 2. The SMILES string of the molecule is Cn1ccsc1=NC(=O)c1ccc(F)cc1I. The fourth-order valence-corrected chi connectivity index (χ4v) is 2.68. The second-order valence-corrected chi connectivity index (χ2v) is 5.37. The summed E-state index contributed by atoms with van der Waals surface area (Å²) in [6.07, 6.45) is 1.83. The Hall–Kier alpha value is -1.02. The largest absolute Gasteiger partial charge is 0.327 e. The number of rotatable bonds is 1. The monoisotopic (exact) mass is 362 g/mol. The second kappa shape index (κ2) is 5.09. The molecule has 1 heterocycles. The highest BCUT2D eigenvalue weighted by Gasteiger charge is 2.09. The van der Waals surface area contributed by atoms with Gasteiger partial charge in [-0.15, -0.1) is 11.3 Å². The van der Waals surface area contributed by atoms with Crippen LogP contribution in [-0.2, 0) is 7.05 Å². The van der Waals surface area contributed by atoms with Gasteiger partial charge in [0.15, 0.2) is 4.80 Å². The van der Waals surface area contributed by atoms with Gasteiger partial charge in [-0.25, -0.2) is 4.39 Å². The fourth-order valence-electron chi connectivity index (χ4n) is 1.24. The van der Waals surface area contributed by atoms with Crippen LogP contribution in [0.3, 0.4) is 0 Å². The Kier molecular flexibility index (Phi) is 3.72. The molecule has 0 N–H and O–H groups in total. The van der Waals surface area contributed by atoms with Crippen LogP contribution in [0, 0.1) is 9.39 Å². The second-order valence-electron chi connectivity index (χ2n) is 3.34.